The lowest BCUT2D eigenvalue weighted by molar-refractivity contribution is 0.0707. The van der Waals surface area contributed by atoms with Crippen LogP contribution in [-0.4, -0.2) is 26.9 Å². The van der Waals surface area contributed by atoms with Crippen molar-refractivity contribution in [3.05, 3.63) is 76.2 Å². The zero-order chi connectivity index (χ0) is 17.4. The molecule has 0 N–H and O–H groups in total. The number of aromatic nitrogens is 2. The first-order valence-corrected chi connectivity index (χ1v) is 8.74. The second-order valence-electron chi connectivity index (χ2n) is 5.93. The van der Waals surface area contributed by atoms with Gasteiger partial charge in [-0.25, -0.2) is 4.98 Å². The van der Waals surface area contributed by atoms with Crippen LogP contribution in [0, 0.1) is 0 Å². The standard InChI is InChI=1S/C19H15Cl2N3O/c20-15-8-4-7-14(18(15)21)19(25)24-10-9-23-11-16(22-17(23)12-24)13-5-2-1-3-6-13/h1-8,11H,9-10,12H2. The maximum absolute atomic E-state index is 12.8. The van der Waals surface area contributed by atoms with Crippen molar-refractivity contribution in [3.63, 3.8) is 0 Å². The first-order chi connectivity index (χ1) is 12.1. The maximum Gasteiger partial charge on any atom is 0.255 e. The van der Waals surface area contributed by atoms with E-state index in [2.05, 4.69) is 4.57 Å². The van der Waals surface area contributed by atoms with Gasteiger partial charge in [0, 0.05) is 24.8 Å². The van der Waals surface area contributed by atoms with Gasteiger partial charge in [0.25, 0.3) is 5.91 Å². The number of hydrogen-bond acceptors (Lipinski definition) is 2. The minimum Gasteiger partial charge on any atom is -0.331 e. The van der Waals surface area contributed by atoms with Gasteiger partial charge in [0.15, 0.2) is 0 Å². The first kappa shape index (κ1) is 16.2. The molecule has 0 saturated heterocycles. The van der Waals surface area contributed by atoms with Crippen molar-refractivity contribution in [3.8, 4) is 11.3 Å². The number of nitrogens with zero attached hydrogens (tertiary/aromatic N) is 3. The molecule has 0 spiro atoms. The molecule has 4 nitrogen and oxygen atoms in total. The molecule has 0 aliphatic carbocycles. The first-order valence-electron chi connectivity index (χ1n) is 7.98. The number of hydrogen-bond donors (Lipinski definition) is 0. The van der Waals surface area contributed by atoms with Crippen LogP contribution in [0.15, 0.2) is 54.7 Å². The monoisotopic (exact) mass is 371 g/mol. The highest BCUT2D eigenvalue weighted by Crippen LogP contribution is 2.28. The molecule has 0 atom stereocenters. The Labute approximate surface area is 155 Å². The Bertz CT molecular complexity index is 937. The van der Waals surface area contributed by atoms with Crippen LogP contribution in [0.25, 0.3) is 11.3 Å². The van der Waals surface area contributed by atoms with E-state index in [-0.39, 0.29) is 5.91 Å². The van der Waals surface area contributed by atoms with Crippen molar-refractivity contribution in [1.29, 1.82) is 0 Å². The summed E-state index contributed by atoms with van der Waals surface area (Å²) in [5, 5.41) is 0.686. The minimum atomic E-state index is -0.122. The fourth-order valence-electron chi connectivity index (χ4n) is 3.01. The molecule has 0 fully saturated rings. The van der Waals surface area contributed by atoms with Crippen LogP contribution in [0.2, 0.25) is 10.0 Å². The lowest BCUT2D eigenvalue weighted by Gasteiger charge is -2.28. The van der Waals surface area contributed by atoms with Crippen molar-refractivity contribution >= 4 is 29.1 Å². The fourth-order valence-corrected chi connectivity index (χ4v) is 3.39. The molecule has 6 heteroatoms. The number of amides is 1. The van der Waals surface area contributed by atoms with Crippen LogP contribution < -0.4 is 0 Å². The molecule has 1 aliphatic heterocycles. The SMILES string of the molecule is O=C(c1cccc(Cl)c1Cl)N1CCn2cc(-c3ccccc3)nc2C1. The van der Waals surface area contributed by atoms with Gasteiger partial charge in [0.2, 0.25) is 0 Å². The molecule has 126 valence electrons. The molecule has 25 heavy (non-hydrogen) atoms. The molecule has 3 aromatic rings. The van der Waals surface area contributed by atoms with Gasteiger partial charge >= 0.3 is 0 Å². The predicted molar refractivity (Wildman–Crippen MR) is 98.9 cm³/mol. The lowest BCUT2D eigenvalue weighted by atomic mass is 10.2. The molecule has 0 unspecified atom stereocenters. The summed E-state index contributed by atoms with van der Waals surface area (Å²) in [6, 6.07) is 15.1. The Balaban J connectivity index is 1.60. The molecular weight excluding hydrogens is 357 g/mol. The van der Waals surface area contributed by atoms with E-state index in [1.54, 1.807) is 23.1 Å². The van der Waals surface area contributed by atoms with Crippen molar-refractivity contribution in [1.82, 2.24) is 14.5 Å². The number of halogens is 2. The van der Waals surface area contributed by atoms with Gasteiger partial charge in [-0.1, -0.05) is 59.6 Å². The molecule has 1 aromatic heterocycles. The van der Waals surface area contributed by atoms with Crippen molar-refractivity contribution in [2.24, 2.45) is 0 Å². The molecule has 1 amide bonds. The van der Waals surface area contributed by atoms with E-state index in [0.717, 1.165) is 17.1 Å². The fraction of sp³-hybridized carbons (Fsp3) is 0.158. The van der Waals surface area contributed by atoms with Gasteiger partial charge in [-0.05, 0) is 12.1 Å². The quantitative estimate of drug-likeness (QED) is 0.664. The van der Waals surface area contributed by atoms with Crippen molar-refractivity contribution < 1.29 is 4.79 Å². The van der Waals surface area contributed by atoms with Crippen molar-refractivity contribution in [2.45, 2.75) is 13.1 Å². The zero-order valence-corrected chi connectivity index (χ0v) is 14.8. The summed E-state index contributed by atoms with van der Waals surface area (Å²) >= 11 is 12.2. The molecular formula is C19H15Cl2N3O. The number of imidazole rings is 1. The van der Waals surface area contributed by atoms with E-state index in [9.17, 15) is 4.79 Å². The predicted octanol–water partition coefficient (Wildman–Crippen LogP) is 4.51. The Morgan fingerprint density at radius 2 is 1.80 bits per heavy atom. The number of benzene rings is 2. The van der Waals surface area contributed by atoms with E-state index >= 15 is 0 Å². The van der Waals surface area contributed by atoms with Gasteiger partial charge in [-0.3, -0.25) is 4.79 Å². The van der Waals surface area contributed by atoms with E-state index < -0.39 is 0 Å². The summed E-state index contributed by atoms with van der Waals surface area (Å²) in [5.41, 5.74) is 2.42. The molecule has 0 radical (unpaired) electrons. The topological polar surface area (TPSA) is 38.1 Å². The third-order valence-corrected chi connectivity index (χ3v) is 5.16. The lowest BCUT2D eigenvalue weighted by Crippen LogP contribution is -2.38. The summed E-state index contributed by atoms with van der Waals surface area (Å²) in [6.07, 6.45) is 2.04. The normalized spacial score (nSPS) is 13.6. The Hall–Kier alpha value is -2.30. The molecule has 2 heterocycles. The molecule has 0 saturated carbocycles. The third kappa shape index (κ3) is 3.03. The number of fused-ring (bicyclic) bond motifs is 1. The number of rotatable bonds is 2. The summed E-state index contributed by atoms with van der Waals surface area (Å²) in [7, 11) is 0. The van der Waals surface area contributed by atoms with Gasteiger partial charge < -0.3 is 9.47 Å². The highest BCUT2D eigenvalue weighted by Gasteiger charge is 2.25. The molecule has 4 rings (SSSR count). The van der Waals surface area contributed by atoms with Crippen molar-refractivity contribution in [2.75, 3.05) is 6.54 Å². The van der Waals surface area contributed by atoms with Gasteiger partial charge in [-0.15, -0.1) is 0 Å². The van der Waals surface area contributed by atoms with Crippen LogP contribution in [0.1, 0.15) is 16.2 Å². The molecule has 1 aliphatic rings. The van der Waals surface area contributed by atoms with Crippen LogP contribution in [0.3, 0.4) is 0 Å². The third-order valence-electron chi connectivity index (χ3n) is 4.34. The van der Waals surface area contributed by atoms with E-state index in [0.29, 0.717) is 35.2 Å². The molecule has 2 aromatic carbocycles. The summed E-state index contributed by atoms with van der Waals surface area (Å²) in [6.45, 7) is 1.77. The van der Waals surface area contributed by atoms with E-state index in [4.69, 9.17) is 28.2 Å². The van der Waals surface area contributed by atoms with E-state index in [1.807, 2.05) is 36.5 Å². The smallest absolute Gasteiger partial charge is 0.255 e. The average molecular weight is 372 g/mol. The largest absolute Gasteiger partial charge is 0.331 e. The Morgan fingerprint density at radius 1 is 1.00 bits per heavy atom. The summed E-state index contributed by atoms with van der Waals surface area (Å²) in [4.78, 5) is 19.3. The van der Waals surface area contributed by atoms with Gasteiger partial charge in [0.1, 0.15) is 5.82 Å². The van der Waals surface area contributed by atoms with Crippen LogP contribution in [0.5, 0.6) is 0 Å². The van der Waals surface area contributed by atoms with Crippen LogP contribution in [-0.2, 0) is 13.1 Å². The second kappa shape index (κ2) is 6.54. The Morgan fingerprint density at radius 3 is 2.60 bits per heavy atom. The molecule has 0 bridgehead atoms. The highest BCUT2D eigenvalue weighted by molar-refractivity contribution is 6.43. The van der Waals surface area contributed by atoms with Crippen LogP contribution >= 0.6 is 23.2 Å². The highest BCUT2D eigenvalue weighted by atomic mass is 35.5. The number of carbonyl (C=O) groups is 1. The minimum absolute atomic E-state index is 0.122. The Kier molecular flexibility index (Phi) is 4.24. The van der Waals surface area contributed by atoms with Gasteiger partial charge in [0.05, 0.1) is 27.8 Å². The number of carbonyl (C=O) groups excluding carboxylic acids is 1. The summed E-state index contributed by atoms with van der Waals surface area (Å²) < 4.78 is 2.10. The average Bonchev–Trinajstić information content (AvgIpc) is 3.07. The summed E-state index contributed by atoms with van der Waals surface area (Å²) in [5.74, 6) is 0.750. The zero-order valence-electron chi connectivity index (χ0n) is 13.3. The van der Waals surface area contributed by atoms with E-state index in [1.165, 1.54) is 0 Å². The second-order valence-corrected chi connectivity index (χ2v) is 6.72. The maximum atomic E-state index is 12.8. The van der Waals surface area contributed by atoms with Crippen LogP contribution in [0.4, 0.5) is 0 Å². The van der Waals surface area contributed by atoms with Gasteiger partial charge in [-0.2, -0.15) is 0 Å².